The zero-order valence-corrected chi connectivity index (χ0v) is 15.2. The molecule has 5 nitrogen and oxygen atoms in total. The first kappa shape index (κ1) is 17.0. The maximum Gasteiger partial charge on any atom is 0.227 e. The number of anilines is 1. The molecular formula is C20H29N3O2. The van der Waals surface area contributed by atoms with E-state index in [-0.39, 0.29) is 5.91 Å². The molecule has 25 heavy (non-hydrogen) atoms. The van der Waals surface area contributed by atoms with Gasteiger partial charge in [0.1, 0.15) is 0 Å². The van der Waals surface area contributed by atoms with Gasteiger partial charge in [0.05, 0.1) is 13.2 Å². The Balaban J connectivity index is 1.41. The van der Waals surface area contributed by atoms with Crippen LogP contribution in [0.4, 0.5) is 5.69 Å². The van der Waals surface area contributed by atoms with Gasteiger partial charge >= 0.3 is 0 Å². The van der Waals surface area contributed by atoms with Crippen LogP contribution in [0.25, 0.3) is 0 Å². The van der Waals surface area contributed by atoms with Gasteiger partial charge in [-0.3, -0.25) is 14.6 Å². The van der Waals surface area contributed by atoms with Gasteiger partial charge in [0.2, 0.25) is 5.91 Å². The molecule has 0 saturated carbocycles. The molecule has 1 unspecified atom stereocenters. The zero-order valence-electron chi connectivity index (χ0n) is 15.2. The largest absolute Gasteiger partial charge is 0.379 e. The molecule has 0 aliphatic carbocycles. The second kappa shape index (κ2) is 7.44. The molecule has 2 fully saturated rings. The molecule has 1 aromatic carbocycles. The highest BCUT2D eigenvalue weighted by Gasteiger charge is 2.28. The minimum atomic E-state index is 0.227. The van der Waals surface area contributed by atoms with Gasteiger partial charge in [0, 0.05) is 51.4 Å². The molecule has 0 spiro atoms. The summed E-state index contributed by atoms with van der Waals surface area (Å²) in [7, 11) is 1.89. The monoisotopic (exact) mass is 343 g/mol. The lowest BCUT2D eigenvalue weighted by atomic mass is 9.99. The number of nitrogens with zero attached hydrogens (tertiary/aromatic N) is 3. The zero-order chi connectivity index (χ0) is 17.2. The van der Waals surface area contributed by atoms with E-state index >= 15 is 0 Å². The smallest absolute Gasteiger partial charge is 0.227 e. The third kappa shape index (κ3) is 3.73. The van der Waals surface area contributed by atoms with Crippen LogP contribution >= 0.6 is 0 Å². The van der Waals surface area contributed by atoms with Crippen LogP contribution in [0.5, 0.6) is 0 Å². The number of hydrogen-bond acceptors (Lipinski definition) is 4. The quantitative estimate of drug-likeness (QED) is 0.836. The van der Waals surface area contributed by atoms with E-state index < -0.39 is 0 Å². The predicted octanol–water partition coefficient (Wildman–Crippen LogP) is 1.89. The number of amides is 1. The lowest BCUT2D eigenvalue weighted by molar-refractivity contribution is -0.118. The van der Waals surface area contributed by atoms with Gasteiger partial charge in [-0.15, -0.1) is 0 Å². The van der Waals surface area contributed by atoms with Crippen LogP contribution in [0.3, 0.4) is 0 Å². The third-order valence-corrected chi connectivity index (χ3v) is 5.94. The van der Waals surface area contributed by atoms with E-state index in [1.807, 2.05) is 7.05 Å². The van der Waals surface area contributed by atoms with Crippen molar-refractivity contribution in [1.82, 2.24) is 9.80 Å². The lowest BCUT2D eigenvalue weighted by Crippen LogP contribution is -2.44. The van der Waals surface area contributed by atoms with E-state index in [0.29, 0.717) is 12.5 Å². The van der Waals surface area contributed by atoms with Crippen molar-refractivity contribution in [1.29, 1.82) is 0 Å². The summed E-state index contributed by atoms with van der Waals surface area (Å²) in [6.45, 7) is 7.30. The van der Waals surface area contributed by atoms with Crippen LogP contribution < -0.4 is 4.90 Å². The summed E-state index contributed by atoms with van der Waals surface area (Å²) in [4.78, 5) is 18.9. The third-order valence-electron chi connectivity index (χ3n) is 5.94. The highest BCUT2D eigenvalue weighted by molar-refractivity contribution is 5.95. The first-order chi connectivity index (χ1) is 12.2. The minimum absolute atomic E-state index is 0.227. The molecule has 1 atom stereocenters. The molecule has 1 amide bonds. The van der Waals surface area contributed by atoms with Crippen LogP contribution in [0.2, 0.25) is 0 Å². The van der Waals surface area contributed by atoms with Crippen molar-refractivity contribution >= 4 is 11.6 Å². The second-order valence-corrected chi connectivity index (χ2v) is 7.60. The van der Waals surface area contributed by atoms with E-state index in [1.165, 1.54) is 37.1 Å². The van der Waals surface area contributed by atoms with Gasteiger partial charge in [0.15, 0.2) is 0 Å². The standard InChI is InChI=1S/C20H29N3O2/c1-21-19-6-4-16(13-17(19)5-7-20(21)24)14-23-8-2-3-18(23)15-22-9-11-25-12-10-22/h4,6,13,18H,2-3,5,7-12,14-15H2,1H3. The molecule has 3 aliphatic heterocycles. The van der Waals surface area contributed by atoms with Crippen molar-refractivity contribution < 1.29 is 9.53 Å². The fourth-order valence-electron chi connectivity index (χ4n) is 4.43. The lowest BCUT2D eigenvalue weighted by Gasteiger charge is -2.33. The fraction of sp³-hybridized carbons (Fsp3) is 0.650. The number of carbonyl (C=O) groups is 1. The molecule has 136 valence electrons. The number of carbonyl (C=O) groups excluding carboxylic acids is 1. The Bertz CT molecular complexity index is 627. The molecule has 0 N–H and O–H groups in total. The molecular weight excluding hydrogens is 314 g/mol. The molecule has 4 rings (SSSR count). The summed E-state index contributed by atoms with van der Waals surface area (Å²) in [6, 6.07) is 7.33. The summed E-state index contributed by atoms with van der Waals surface area (Å²) >= 11 is 0. The number of morpholine rings is 1. The summed E-state index contributed by atoms with van der Waals surface area (Å²) in [5.74, 6) is 0.227. The second-order valence-electron chi connectivity index (χ2n) is 7.60. The Morgan fingerprint density at radius 1 is 1.16 bits per heavy atom. The van der Waals surface area contributed by atoms with Crippen molar-refractivity contribution in [3.05, 3.63) is 29.3 Å². The summed E-state index contributed by atoms with van der Waals surface area (Å²) in [6.07, 6.45) is 4.12. The minimum Gasteiger partial charge on any atom is -0.379 e. The number of rotatable bonds is 4. The SMILES string of the molecule is CN1C(=O)CCc2cc(CN3CCCC3CN3CCOCC3)ccc21. The van der Waals surface area contributed by atoms with E-state index in [0.717, 1.165) is 45.0 Å². The van der Waals surface area contributed by atoms with Crippen molar-refractivity contribution in [2.75, 3.05) is 51.3 Å². The van der Waals surface area contributed by atoms with E-state index in [9.17, 15) is 4.79 Å². The Kier molecular flexibility index (Phi) is 5.06. The molecule has 5 heteroatoms. The van der Waals surface area contributed by atoms with Crippen LogP contribution in [0.15, 0.2) is 18.2 Å². The summed E-state index contributed by atoms with van der Waals surface area (Å²) in [5, 5.41) is 0. The first-order valence-corrected chi connectivity index (χ1v) is 9.63. The number of aryl methyl sites for hydroxylation is 1. The van der Waals surface area contributed by atoms with Gasteiger partial charge in [0.25, 0.3) is 0 Å². The highest BCUT2D eigenvalue weighted by Crippen LogP contribution is 2.29. The Morgan fingerprint density at radius 2 is 2.00 bits per heavy atom. The van der Waals surface area contributed by atoms with Crippen LogP contribution in [-0.2, 0) is 22.5 Å². The van der Waals surface area contributed by atoms with Gasteiger partial charge in [-0.1, -0.05) is 12.1 Å². The summed E-state index contributed by atoms with van der Waals surface area (Å²) < 4.78 is 5.47. The molecule has 3 heterocycles. The van der Waals surface area contributed by atoms with E-state index in [4.69, 9.17) is 4.74 Å². The van der Waals surface area contributed by atoms with Crippen molar-refractivity contribution in [3.8, 4) is 0 Å². The van der Waals surface area contributed by atoms with E-state index in [1.54, 1.807) is 4.90 Å². The molecule has 3 aliphatic rings. The highest BCUT2D eigenvalue weighted by atomic mass is 16.5. The number of fused-ring (bicyclic) bond motifs is 1. The van der Waals surface area contributed by atoms with E-state index in [2.05, 4.69) is 28.0 Å². The van der Waals surface area contributed by atoms with Crippen molar-refractivity contribution in [2.24, 2.45) is 0 Å². The average Bonchev–Trinajstić information content (AvgIpc) is 3.06. The average molecular weight is 343 g/mol. The predicted molar refractivity (Wildman–Crippen MR) is 98.9 cm³/mol. The molecule has 1 aromatic rings. The molecule has 0 bridgehead atoms. The molecule has 2 saturated heterocycles. The summed E-state index contributed by atoms with van der Waals surface area (Å²) in [5.41, 5.74) is 3.80. The van der Waals surface area contributed by atoms with Gasteiger partial charge in [-0.25, -0.2) is 0 Å². The number of likely N-dealkylation sites (tertiary alicyclic amines) is 1. The Morgan fingerprint density at radius 3 is 2.84 bits per heavy atom. The van der Waals surface area contributed by atoms with Gasteiger partial charge in [-0.05, 0) is 43.0 Å². The van der Waals surface area contributed by atoms with Crippen molar-refractivity contribution in [3.63, 3.8) is 0 Å². The maximum atomic E-state index is 11.9. The van der Waals surface area contributed by atoms with Crippen molar-refractivity contribution in [2.45, 2.75) is 38.3 Å². The van der Waals surface area contributed by atoms with Gasteiger partial charge < -0.3 is 9.64 Å². The van der Waals surface area contributed by atoms with Crippen LogP contribution in [0, 0.1) is 0 Å². The Labute approximate surface area is 150 Å². The fourth-order valence-corrected chi connectivity index (χ4v) is 4.43. The molecule has 0 radical (unpaired) electrons. The normalized spacial score (nSPS) is 25.4. The topological polar surface area (TPSA) is 36.0 Å². The number of hydrogen-bond donors (Lipinski definition) is 0. The number of ether oxygens (including phenoxy) is 1. The Hall–Kier alpha value is -1.43. The first-order valence-electron chi connectivity index (χ1n) is 9.63. The maximum absolute atomic E-state index is 11.9. The number of benzene rings is 1. The van der Waals surface area contributed by atoms with Crippen LogP contribution in [-0.4, -0.2) is 68.2 Å². The van der Waals surface area contributed by atoms with Crippen LogP contribution in [0.1, 0.15) is 30.4 Å². The van der Waals surface area contributed by atoms with Gasteiger partial charge in [-0.2, -0.15) is 0 Å². The molecule has 0 aromatic heterocycles.